The van der Waals surface area contributed by atoms with Gasteiger partial charge in [0.1, 0.15) is 23.1 Å². The molecule has 1 N–H and O–H groups in total. The van der Waals surface area contributed by atoms with Gasteiger partial charge in [0.15, 0.2) is 17.1 Å². The van der Waals surface area contributed by atoms with Crippen molar-refractivity contribution in [3.63, 3.8) is 0 Å². The molecular weight excluding hydrogens is 562 g/mol. The summed E-state index contributed by atoms with van der Waals surface area (Å²) in [7, 11) is 3.04. The first-order valence-electron chi connectivity index (χ1n) is 13.2. The number of ether oxygens (including phenoxy) is 3. The lowest BCUT2D eigenvalue weighted by Crippen LogP contribution is -2.32. The summed E-state index contributed by atoms with van der Waals surface area (Å²) in [6.07, 6.45) is 1.70. The average molecular weight is 590 g/mol. The number of nitrogens with zero attached hydrogens (tertiary/aromatic N) is 2. The predicted octanol–water partition coefficient (Wildman–Crippen LogP) is 4.64. The molecule has 0 aliphatic rings. The third kappa shape index (κ3) is 6.50. The van der Waals surface area contributed by atoms with Crippen LogP contribution in [0.2, 0.25) is 0 Å². The van der Waals surface area contributed by atoms with Crippen LogP contribution in [-0.2, 0) is 11.4 Å². The fourth-order valence-electron chi connectivity index (χ4n) is 4.37. The predicted molar refractivity (Wildman–Crippen MR) is 167 cm³/mol. The summed E-state index contributed by atoms with van der Waals surface area (Å²) in [6.45, 7) is 0.375. The van der Waals surface area contributed by atoms with E-state index in [0.717, 1.165) is 16.9 Å². The van der Waals surface area contributed by atoms with Crippen molar-refractivity contribution in [2.45, 2.75) is 6.61 Å². The van der Waals surface area contributed by atoms with Crippen LogP contribution in [0.15, 0.2) is 108 Å². The van der Waals surface area contributed by atoms with Gasteiger partial charge >= 0.3 is 0 Å². The zero-order chi connectivity index (χ0) is 30.2. The number of para-hydroxylation sites is 3. The van der Waals surface area contributed by atoms with Gasteiger partial charge < -0.3 is 19.5 Å². The number of carbonyl (C=O) groups excluding carboxylic acids is 1. The Balaban J connectivity index is 1.59. The van der Waals surface area contributed by atoms with Gasteiger partial charge in [0.05, 0.1) is 30.1 Å². The minimum Gasteiger partial charge on any atom is -0.495 e. The Bertz CT molecular complexity index is 1980. The highest BCUT2D eigenvalue weighted by Gasteiger charge is 2.18. The minimum atomic E-state index is -0.661. The van der Waals surface area contributed by atoms with E-state index in [1.165, 1.54) is 11.7 Å². The normalized spacial score (nSPS) is 11.8. The molecule has 0 bridgehead atoms. The van der Waals surface area contributed by atoms with Gasteiger partial charge in [-0.15, -0.1) is 11.3 Å². The molecule has 0 fully saturated rings. The molecule has 0 atom stereocenters. The van der Waals surface area contributed by atoms with E-state index in [-0.39, 0.29) is 15.8 Å². The standard InChI is InChI=1S/C34H27N3O5S/c1-40-28-16-10-9-15-27(28)36-32(38)26(21-35)34-37(25-13-7-4-8-14-25)33(39)31(43-34)20-24-17-18-29(30(19-24)41-2)42-22-23-11-5-3-6-12-23/h3-20H,22H2,1-2H3,(H,36,38)/b31-20+,34-26-. The number of methoxy groups -OCH3 is 2. The Morgan fingerprint density at radius 1 is 0.884 bits per heavy atom. The highest BCUT2D eigenvalue weighted by Crippen LogP contribution is 2.29. The van der Waals surface area contributed by atoms with E-state index in [9.17, 15) is 14.9 Å². The van der Waals surface area contributed by atoms with Gasteiger partial charge in [-0.05, 0) is 53.6 Å². The number of aromatic nitrogens is 1. The fraction of sp³-hybridized carbons (Fsp3) is 0.0882. The summed E-state index contributed by atoms with van der Waals surface area (Å²) in [5.41, 5.74) is 2.06. The number of carbonyl (C=O) groups is 1. The second-order valence-corrected chi connectivity index (χ2v) is 10.2. The number of amides is 1. The SMILES string of the molecule is COc1ccccc1NC(=O)/C(C#N)=c1\s/c(=C/c2ccc(OCc3ccccc3)c(OC)c2)c(=O)n1-c1ccccc1. The molecule has 0 radical (unpaired) electrons. The molecule has 0 spiro atoms. The smallest absolute Gasteiger partial charge is 0.273 e. The highest BCUT2D eigenvalue weighted by molar-refractivity contribution is 7.07. The lowest BCUT2D eigenvalue weighted by atomic mass is 10.2. The Morgan fingerprint density at radius 2 is 1.56 bits per heavy atom. The molecule has 1 aromatic heterocycles. The Kier molecular flexibility index (Phi) is 9.00. The molecule has 0 aliphatic heterocycles. The lowest BCUT2D eigenvalue weighted by molar-refractivity contribution is -0.111. The third-order valence-electron chi connectivity index (χ3n) is 6.47. The number of anilines is 1. The van der Waals surface area contributed by atoms with Crippen molar-refractivity contribution in [1.29, 1.82) is 5.26 Å². The Morgan fingerprint density at radius 3 is 2.26 bits per heavy atom. The number of nitrogens with one attached hydrogen (secondary N) is 1. The van der Waals surface area contributed by atoms with Gasteiger partial charge in [-0.3, -0.25) is 14.2 Å². The molecule has 9 heteroatoms. The number of hydrogen-bond acceptors (Lipinski definition) is 7. The largest absolute Gasteiger partial charge is 0.495 e. The zero-order valence-electron chi connectivity index (χ0n) is 23.4. The first-order valence-corrected chi connectivity index (χ1v) is 14.1. The first-order chi connectivity index (χ1) is 21.0. The second kappa shape index (κ2) is 13.4. The molecule has 0 unspecified atom stereocenters. The van der Waals surface area contributed by atoms with E-state index in [0.29, 0.717) is 45.3 Å². The first kappa shape index (κ1) is 28.9. The van der Waals surface area contributed by atoms with Crippen molar-refractivity contribution in [1.82, 2.24) is 4.57 Å². The Labute approximate surface area is 252 Å². The van der Waals surface area contributed by atoms with Crippen molar-refractivity contribution in [2.24, 2.45) is 0 Å². The molecular formula is C34H27N3O5S. The van der Waals surface area contributed by atoms with Crippen molar-refractivity contribution in [2.75, 3.05) is 19.5 Å². The Hall–Kier alpha value is -5.59. The monoisotopic (exact) mass is 589 g/mol. The molecule has 0 saturated carbocycles. The average Bonchev–Trinajstić information content (AvgIpc) is 3.36. The van der Waals surface area contributed by atoms with Crippen LogP contribution < -0.4 is 34.3 Å². The molecule has 0 aliphatic carbocycles. The summed E-state index contributed by atoms with van der Waals surface area (Å²) in [4.78, 5) is 27.2. The molecule has 5 aromatic rings. The molecule has 1 heterocycles. The van der Waals surface area contributed by atoms with Crippen molar-refractivity contribution < 1.29 is 19.0 Å². The van der Waals surface area contributed by atoms with Crippen LogP contribution in [0.1, 0.15) is 11.1 Å². The van der Waals surface area contributed by atoms with Gasteiger partial charge in [-0.25, -0.2) is 0 Å². The summed E-state index contributed by atoms with van der Waals surface area (Å²) in [5.74, 6) is 0.848. The number of rotatable bonds is 9. The molecule has 43 heavy (non-hydrogen) atoms. The van der Waals surface area contributed by atoms with Crippen LogP contribution in [-0.4, -0.2) is 24.7 Å². The molecule has 0 saturated heterocycles. The quantitative estimate of drug-likeness (QED) is 0.269. The molecule has 5 rings (SSSR count). The van der Waals surface area contributed by atoms with Crippen LogP contribution in [0.3, 0.4) is 0 Å². The van der Waals surface area contributed by atoms with E-state index in [4.69, 9.17) is 14.2 Å². The van der Waals surface area contributed by atoms with E-state index >= 15 is 0 Å². The van der Waals surface area contributed by atoms with Crippen LogP contribution >= 0.6 is 11.3 Å². The summed E-state index contributed by atoms with van der Waals surface area (Å²) in [5, 5.41) is 12.9. The fourth-order valence-corrected chi connectivity index (χ4v) is 5.47. The third-order valence-corrected chi connectivity index (χ3v) is 7.56. The van der Waals surface area contributed by atoms with Crippen LogP contribution in [0, 0.1) is 11.3 Å². The molecule has 214 valence electrons. The van der Waals surface area contributed by atoms with E-state index < -0.39 is 5.91 Å². The van der Waals surface area contributed by atoms with Crippen LogP contribution in [0.4, 0.5) is 5.69 Å². The highest BCUT2D eigenvalue weighted by atomic mass is 32.1. The number of hydrogen-bond donors (Lipinski definition) is 1. The van der Waals surface area contributed by atoms with Crippen molar-refractivity contribution in [3.8, 4) is 29.0 Å². The maximum Gasteiger partial charge on any atom is 0.273 e. The van der Waals surface area contributed by atoms with Gasteiger partial charge in [0.2, 0.25) is 0 Å². The number of benzene rings is 4. The molecule has 4 aromatic carbocycles. The van der Waals surface area contributed by atoms with E-state index in [2.05, 4.69) is 5.32 Å². The maximum absolute atomic E-state index is 13.8. The maximum atomic E-state index is 13.8. The lowest BCUT2D eigenvalue weighted by Gasteiger charge is -2.11. The van der Waals surface area contributed by atoms with Crippen molar-refractivity contribution in [3.05, 3.63) is 134 Å². The van der Waals surface area contributed by atoms with Crippen LogP contribution in [0.5, 0.6) is 17.2 Å². The summed E-state index contributed by atoms with van der Waals surface area (Å²) in [6, 6.07) is 32.9. The summed E-state index contributed by atoms with van der Waals surface area (Å²) >= 11 is 1.05. The van der Waals surface area contributed by atoms with Gasteiger partial charge in [-0.1, -0.05) is 66.7 Å². The topological polar surface area (TPSA) is 103 Å². The second-order valence-electron chi connectivity index (χ2n) is 9.22. The van der Waals surface area contributed by atoms with Crippen molar-refractivity contribution >= 4 is 34.6 Å². The van der Waals surface area contributed by atoms with E-state index in [1.807, 2.05) is 48.5 Å². The van der Waals surface area contributed by atoms with Crippen LogP contribution in [0.25, 0.3) is 17.3 Å². The van der Waals surface area contributed by atoms with Gasteiger partial charge in [-0.2, -0.15) is 5.26 Å². The van der Waals surface area contributed by atoms with Gasteiger partial charge in [0, 0.05) is 0 Å². The minimum absolute atomic E-state index is 0.201. The zero-order valence-corrected chi connectivity index (χ0v) is 24.3. The number of nitriles is 1. The molecule has 8 nitrogen and oxygen atoms in total. The number of thiazole rings is 1. The molecule has 1 amide bonds. The van der Waals surface area contributed by atoms with E-state index in [1.54, 1.807) is 73.8 Å². The summed E-state index contributed by atoms with van der Waals surface area (Å²) < 4.78 is 18.8. The van der Waals surface area contributed by atoms with Gasteiger partial charge in [0.25, 0.3) is 11.5 Å².